The fourth-order valence-electron chi connectivity index (χ4n) is 3.87. The summed E-state index contributed by atoms with van der Waals surface area (Å²) in [6.07, 6.45) is 0. The fourth-order valence-corrected chi connectivity index (χ4v) is 3.87. The highest BCUT2D eigenvalue weighted by atomic mass is 19.1. The van der Waals surface area contributed by atoms with Crippen molar-refractivity contribution in [2.75, 3.05) is 40.3 Å². The SMILES string of the molecule is CN(C)C(=O)c1ccc2c(c1)nc(CN1CCN(C(=O)c3ccc(F)cc3)CC1)n2C. The van der Waals surface area contributed by atoms with Crippen molar-refractivity contribution in [1.82, 2.24) is 24.3 Å². The van der Waals surface area contributed by atoms with Crippen molar-refractivity contribution in [1.29, 1.82) is 0 Å². The second-order valence-electron chi connectivity index (χ2n) is 8.07. The quantitative estimate of drug-likeness (QED) is 0.647. The van der Waals surface area contributed by atoms with E-state index in [2.05, 4.69) is 9.47 Å². The summed E-state index contributed by atoms with van der Waals surface area (Å²) in [4.78, 5) is 35.2. The number of fused-ring (bicyclic) bond motifs is 1. The van der Waals surface area contributed by atoms with Crippen molar-refractivity contribution in [2.24, 2.45) is 7.05 Å². The van der Waals surface area contributed by atoms with Crippen LogP contribution in [-0.4, -0.2) is 76.3 Å². The van der Waals surface area contributed by atoms with Gasteiger partial charge >= 0.3 is 0 Å². The van der Waals surface area contributed by atoms with Gasteiger partial charge < -0.3 is 14.4 Å². The fraction of sp³-hybridized carbons (Fsp3) is 0.348. The molecule has 2 aromatic carbocycles. The maximum atomic E-state index is 13.1. The number of hydrogen-bond donors (Lipinski definition) is 0. The molecule has 0 atom stereocenters. The Kier molecular flexibility index (Phi) is 5.73. The molecule has 0 unspecified atom stereocenters. The zero-order valence-electron chi connectivity index (χ0n) is 18.0. The summed E-state index contributed by atoms with van der Waals surface area (Å²) >= 11 is 0. The summed E-state index contributed by atoms with van der Waals surface area (Å²) in [7, 11) is 5.44. The van der Waals surface area contributed by atoms with Gasteiger partial charge in [0.05, 0.1) is 17.6 Å². The molecule has 0 radical (unpaired) electrons. The first kappa shape index (κ1) is 21.0. The van der Waals surface area contributed by atoms with Crippen molar-refractivity contribution in [2.45, 2.75) is 6.54 Å². The van der Waals surface area contributed by atoms with Crippen LogP contribution < -0.4 is 0 Å². The maximum absolute atomic E-state index is 13.1. The Morgan fingerprint density at radius 2 is 1.65 bits per heavy atom. The van der Waals surface area contributed by atoms with E-state index < -0.39 is 0 Å². The number of benzene rings is 2. The van der Waals surface area contributed by atoms with Gasteiger partial charge in [-0.3, -0.25) is 14.5 Å². The molecular formula is C23H26FN5O2. The number of aromatic nitrogens is 2. The Hall–Kier alpha value is -3.26. The molecule has 0 N–H and O–H groups in total. The van der Waals surface area contributed by atoms with E-state index in [0.717, 1.165) is 29.9 Å². The van der Waals surface area contributed by atoms with Gasteiger partial charge in [-0.15, -0.1) is 0 Å². The predicted molar refractivity (Wildman–Crippen MR) is 116 cm³/mol. The molecule has 0 aliphatic carbocycles. The largest absolute Gasteiger partial charge is 0.345 e. The lowest BCUT2D eigenvalue weighted by molar-refractivity contribution is 0.0624. The van der Waals surface area contributed by atoms with Crippen molar-refractivity contribution in [3.05, 3.63) is 65.2 Å². The molecule has 1 aromatic heterocycles. The average molecular weight is 423 g/mol. The second-order valence-corrected chi connectivity index (χ2v) is 8.07. The van der Waals surface area contributed by atoms with Gasteiger partial charge in [0.15, 0.2) is 0 Å². The first-order chi connectivity index (χ1) is 14.8. The van der Waals surface area contributed by atoms with Gasteiger partial charge in [-0.2, -0.15) is 0 Å². The number of hydrogen-bond acceptors (Lipinski definition) is 4. The third kappa shape index (κ3) is 4.29. The van der Waals surface area contributed by atoms with Crippen LogP contribution >= 0.6 is 0 Å². The molecule has 0 bridgehead atoms. The first-order valence-electron chi connectivity index (χ1n) is 10.3. The van der Waals surface area contributed by atoms with Crippen molar-refractivity contribution in [3.63, 3.8) is 0 Å². The van der Waals surface area contributed by atoms with Gasteiger partial charge in [0.1, 0.15) is 11.6 Å². The number of carbonyl (C=O) groups is 2. The van der Waals surface area contributed by atoms with Crippen LogP contribution in [0.2, 0.25) is 0 Å². The van der Waals surface area contributed by atoms with E-state index in [-0.39, 0.29) is 17.6 Å². The molecule has 0 spiro atoms. The number of rotatable bonds is 4. The Balaban J connectivity index is 1.42. The van der Waals surface area contributed by atoms with Crippen LogP contribution in [0.4, 0.5) is 4.39 Å². The lowest BCUT2D eigenvalue weighted by atomic mass is 10.2. The normalized spacial score (nSPS) is 14.8. The van der Waals surface area contributed by atoms with Crippen LogP contribution in [0, 0.1) is 5.82 Å². The molecule has 1 aliphatic heterocycles. The summed E-state index contributed by atoms with van der Waals surface area (Å²) in [6.45, 7) is 3.37. The second kappa shape index (κ2) is 8.47. The van der Waals surface area contributed by atoms with E-state index in [1.807, 2.05) is 25.2 Å². The minimum Gasteiger partial charge on any atom is -0.345 e. The standard InChI is InChI=1S/C23H26FN5O2/c1-26(2)22(30)17-6-9-20-19(14-17)25-21(27(20)3)15-28-10-12-29(13-11-28)23(31)16-4-7-18(24)8-5-16/h4-9,14H,10-13,15H2,1-3H3. The van der Waals surface area contributed by atoms with E-state index in [4.69, 9.17) is 4.98 Å². The Bertz CT molecular complexity index is 1110. The van der Waals surface area contributed by atoms with Crippen LogP contribution in [0.3, 0.4) is 0 Å². The number of nitrogens with zero attached hydrogens (tertiary/aromatic N) is 5. The van der Waals surface area contributed by atoms with E-state index in [9.17, 15) is 14.0 Å². The molecule has 3 aromatic rings. The zero-order valence-corrected chi connectivity index (χ0v) is 18.0. The van der Waals surface area contributed by atoms with Crippen LogP contribution in [0.5, 0.6) is 0 Å². The summed E-state index contributed by atoms with van der Waals surface area (Å²) < 4.78 is 15.1. The number of carbonyl (C=O) groups excluding carboxylic acids is 2. The van der Waals surface area contributed by atoms with E-state index in [1.54, 1.807) is 23.9 Å². The van der Waals surface area contributed by atoms with Gasteiger partial charge in [0.25, 0.3) is 11.8 Å². The molecular weight excluding hydrogens is 397 g/mol. The molecule has 7 nitrogen and oxygen atoms in total. The molecule has 2 heterocycles. The minimum absolute atomic E-state index is 0.0453. The number of aryl methyl sites for hydroxylation is 1. The molecule has 1 fully saturated rings. The molecule has 2 amide bonds. The van der Waals surface area contributed by atoms with Crippen molar-refractivity contribution in [3.8, 4) is 0 Å². The van der Waals surface area contributed by atoms with Gasteiger partial charge in [-0.05, 0) is 42.5 Å². The van der Waals surface area contributed by atoms with Crippen LogP contribution in [0.25, 0.3) is 11.0 Å². The molecule has 4 rings (SSSR count). The third-order valence-electron chi connectivity index (χ3n) is 5.74. The Labute approximate surface area is 180 Å². The van der Waals surface area contributed by atoms with E-state index in [1.165, 1.54) is 24.3 Å². The molecule has 162 valence electrons. The summed E-state index contributed by atoms with van der Waals surface area (Å²) in [5, 5.41) is 0. The Morgan fingerprint density at radius 3 is 2.29 bits per heavy atom. The summed E-state index contributed by atoms with van der Waals surface area (Å²) in [6, 6.07) is 11.3. The highest BCUT2D eigenvalue weighted by Gasteiger charge is 2.23. The van der Waals surface area contributed by atoms with E-state index >= 15 is 0 Å². The average Bonchev–Trinajstić information content (AvgIpc) is 3.08. The highest BCUT2D eigenvalue weighted by molar-refractivity contribution is 5.97. The monoisotopic (exact) mass is 423 g/mol. The van der Waals surface area contributed by atoms with Gasteiger partial charge in [-0.25, -0.2) is 9.37 Å². The van der Waals surface area contributed by atoms with Crippen LogP contribution in [0.15, 0.2) is 42.5 Å². The highest BCUT2D eigenvalue weighted by Crippen LogP contribution is 2.19. The third-order valence-corrected chi connectivity index (χ3v) is 5.74. The van der Waals surface area contributed by atoms with Crippen molar-refractivity contribution < 1.29 is 14.0 Å². The Morgan fingerprint density at radius 1 is 1.00 bits per heavy atom. The maximum Gasteiger partial charge on any atom is 0.253 e. The number of piperazine rings is 1. The summed E-state index contributed by atoms with van der Waals surface area (Å²) in [5.74, 6) is 0.460. The van der Waals surface area contributed by atoms with Crippen LogP contribution in [0.1, 0.15) is 26.5 Å². The van der Waals surface area contributed by atoms with Crippen molar-refractivity contribution >= 4 is 22.8 Å². The number of imidazole rings is 1. The predicted octanol–water partition coefficient (Wildman–Crippen LogP) is 2.37. The molecule has 1 aliphatic rings. The topological polar surface area (TPSA) is 61.7 Å². The van der Waals surface area contributed by atoms with Crippen LogP contribution in [-0.2, 0) is 13.6 Å². The smallest absolute Gasteiger partial charge is 0.253 e. The summed E-state index contributed by atoms with van der Waals surface area (Å²) in [5.41, 5.74) is 2.91. The first-order valence-corrected chi connectivity index (χ1v) is 10.3. The van der Waals surface area contributed by atoms with Gasteiger partial charge in [0.2, 0.25) is 0 Å². The lowest BCUT2D eigenvalue weighted by Crippen LogP contribution is -2.48. The van der Waals surface area contributed by atoms with E-state index in [0.29, 0.717) is 30.8 Å². The minimum atomic E-state index is -0.345. The number of halogens is 1. The zero-order chi connectivity index (χ0) is 22.1. The molecule has 8 heteroatoms. The molecule has 0 saturated carbocycles. The molecule has 31 heavy (non-hydrogen) atoms. The van der Waals surface area contributed by atoms with Gasteiger partial charge in [-0.1, -0.05) is 0 Å². The number of amides is 2. The lowest BCUT2D eigenvalue weighted by Gasteiger charge is -2.34. The molecule has 1 saturated heterocycles. The van der Waals surface area contributed by atoms with Gasteiger partial charge in [0, 0.05) is 58.4 Å².